The Morgan fingerprint density at radius 2 is 1.90 bits per heavy atom. The quantitative estimate of drug-likeness (QED) is 0.466. The van der Waals surface area contributed by atoms with Gasteiger partial charge in [-0.2, -0.15) is 0 Å². The summed E-state index contributed by atoms with van der Waals surface area (Å²) in [5, 5.41) is 0.363. The van der Waals surface area contributed by atoms with E-state index in [2.05, 4.69) is 9.97 Å². The van der Waals surface area contributed by atoms with E-state index in [1.54, 1.807) is 30.6 Å². The number of para-hydroxylation sites is 1. The number of fused-ring (bicyclic) bond motifs is 1. The van der Waals surface area contributed by atoms with Gasteiger partial charge in [-0.05, 0) is 48.0 Å². The van der Waals surface area contributed by atoms with Crippen molar-refractivity contribution in [1.82, 2.24) is 9.97 Å². The zero-order valence-electron chi connectivity index (χ0n) is 15.1. The summed E-state index contributed by atoms with van der Waals surface area (Å²) in [4.78, 5) is 22.8. The average Bonchev–Trinajstić information content (AvgIpc) is 3.17. The highest BCUT2D eigenvalue weighted by Gasteiger charge is 2.22. The standard InChI is InChI=1S/C21H15F2N3O2S/c22-15-6-8-16(9-7-15)28-13-19(27)26(12-14-3-2-10-24-11-14)21-25-20-17(23)4-1-5-18(20)29-21/h1-11H,12-13H2. The molecule has 2 heterocycles. The van der Waals surface area contributed by atoms with Crippen molar-refractivity contribution in [3.8, 4) is 5.75 Å². The van der Waals surface area contributed by atoms with E-state index in [0.717, 1.165) is 5.56 Å². The van der Waals surface area contributed by atoms with Crippen LogP contribution in [0.5, 0.6) is 5.75 Å². The predicted molar refractivity (Wildman–Crippen MR) is 107 cm³/mol. The SMILES string of the molecule is O=C(COc1ccc(F)cc1)N(Cc1cccnc1)c1nc2c(F)cccc2s1. The van der Waals surface area contributed by atoms with Gasteiger partial charge in [0.2, 0.25) is 0 Å². The summed E-state index contributed by atoms with van der Waals surface area (Å²) in [6, 6.07) is 13.7. The maximum Gasteiger partial charge on any atom is 0.267 e. The van der Waals surface area contributed by atoms with Gasteiger partial charge in [0.1, 0.15) is 22.9 Å². The molecule has 0 fully saturated rings. The third-order valence-electron chi connectivity index (χ3n) is 4.13. The molecule has 0 aliphatic heterocycles. The van der Waals surface area contributed by atoms with E-state index >= 15 is 0 Å². The first-order chi connectivity index (χ1) is 14.1. The molecule has 0 saturated heterocycles. The summed E-state index contributed by atoms with van der Waals surface area (Å²) >= 11 is 1.22. The molecule has 4 aromatic rings. The van der Waals surface area contributed by atoms with Gasteiger partial charge in [-0.25, -0.2) is 13.8 Å². The molecule has 2 aromatic heterocycles. The largest absolute Gasteiger partial charge is 0.484 e. The van der Waals surface area contributed by atoms with Crippen molar-refractivity contribution in [2.24, 2.45) is 0 Å². The lowest BCUT2D eigenvalue weighted by molar-refractivity contribution is -0.120. The molecule has 1 amide bonds. The number of amides is 1. The minimum atomic E-state index is -0.443. The average molecular weight is 411 g/mol. The molecule has 8 heteroatoms. The highest BCUT2D eigenvalue weighted by atomic mass is 32.1. The van der Waals surface area contributed by atoms with Gasteiger partial charge in [0.05, 0.1) is 11.2 Å². The fraction of sp³-hybridized carbons (Fsp3) is 0.0952. The smallest absolute Gasteiger partial charge is 0.267 e. The lowest BCUT2D eigenvalue weighted by Crippen LogP contribution is -2.34. The van der Waals surface area contributed by atoms with Gasteiger partial charge in [0.15, 0.2) is 11.7 Å². The van der Waals surface area contributed by atoms with E-state index < -0.39 is 11.6 Å². The number of nitrogens with zero attached hydrogens (tertiary/aromatic N) is 3. The molecule has 5 nitrogen and oxygen atoms in total. The summed E-state index contributed by atoms with van der Waals surface area (Å²) in [6.07, 6.45) is 3.29. The van der Waals surface area contributed by atoms with Crippen LogP contribution in [-0.4, -0.2) is 22.5 Å². The van der Waals surface area contributed by atoms with Gasteiger partial charge in [0, 0.05) is 12.4 Å². The van der Waals surface area contributed by atoms with Crippen molar-refractivity contribution in [2.75, 3.05) is 11.5 Å². The Balaban J connectivity index is 1.60. The number of carbonyl (C=O) groups is 1. The number of benzene rings is 2. The van der Waals surface area contributed by atoms with Crippen molar-refractivity contribution in [3.05, 3.63) is 84.2 Å². The summed E-state index contributed by atoms with van der Waals surface area (Å²) in [6.45, 7) is -0.0643. The molecule has 0 spiro atoms. The first-order valence-corrected chi connectivity index (χ1v) is 9.54. The van der Waals surface area contributed by atoms with E-state index in [0.29, 0.717) is 15.6 Å². The molecule has 0 unspecified atom stereocenters. The summed E-state index contributed by atoms with van der Waals surface area (Å²) in [5.41, 5.74) is 1.01. The van der Waals surface area contributed by atoms with Gasteiger partial charge in [0.25, 0.3) is 5.91 Å². The fourth-order valence-corrected chi connectivity index (χ4v) is 3.71. The van der Waals surface area contributed by atoms with Crippen LogP contribution in [0.2, 0.25) is 0 Å². The molecule has 4 rings (SSSR count). The van der Waals surface area contributed by atoms with Crippen molar-refractivity contribution in [2.45, 2.75) is 6.54 Å². The van der Waals surface area contributed by atoms with Crippen LogP contribution in [0.1, 0.15) is 5.56 Å². The van der Waals surface area contributed by atoms with Crippen molar-refractivity contribution in [3.63, 3.8) is 0 Å². The van der Waals surface area contributed by atoms with Crippen LogP contribution in [0.25, 0.3) is 10.2 Å². The second-order valence-electron chi connectivity index (χ2n) is 6.17. The third kappa shape index (κ3) is 4.38. The molecule has 0 N–H and O–H groups in total. The number of hydrogen-bond donors (Lipinski definition) is 0. The summed E-state index contributed by atoms with van der Waals surface area (Å²) in [5.74, 6) is -0.825. The molecule has 0 bridgehead atoms. The Bertz CT molecular complexity index is 1130. The zero-order valence-corrected chi connectivity index (χ0v) is 15.9. The maximum absolute atomic E-state index is 14.1. The summed E-state index contributed by atoms with van der Waals surface area (Å²) < 4.78 is 33.2. The molecule has 0 saturated carbocycles. The van der Waals surface area contributed by atoms with E-state index in [1.165, 1.54) is 46.6 Å². The molecular weight excluding hydrogens is 396 g/mol. The van der Waals surface area contributed by atoms with Crippen LogP contribution in [-0.2, 0) is 11.3 Å². The van der Waals surface area contributed by atoms with E-state index in [9.17, 15) is 13.6 Å². The summed E-state index contributed by atoms with van der Waals surface area (Å²) in [7, 11) is 0. The minimum absolute atomic E-state index is 0.209. The molecular formula is C21H15F2N3O2S. The maximum atomic E-state index is 14.1. The second kappa shape index (κ2) is 8.32. The predicted octanol–water partition coefficient (Wildman–Crippen LogP) is 4.58. The normalized spacial score (nSPS) is 10.8. The number of halogens is 2. The number of anilines is 1. The van der Waals surface area contributed by atoms with Crippen LogP contribution in [0.15, 0.2) is 67.0 Å². The highest BCUT2D eigenvalue weighted by Crippen LogP contribution is 2.31. The van der Waals surface area contributed by atoms with Crippen LogP contribution in [0.3, 0.4) is 0 Å². The third-order valence-corrected chi connectivity index (χ3v) is 5.17. The Hall–Kier alpha value is -3.39. The van der Waals surface area contributed by atoms with Gasteiger partial charge >= 0.3 is 0 Å². The number of pyridine rings is 1. The van der Waals surface area contributed by atoms with Crippen molar-refractivity contribution < 1.29 is 18.3 Å². The number of ether oxygens (including phenoxy) is 1. The minimum Gasteiger partial charge on any atom is -0.484 e. The topological polar surface area (TPSA) is 55.3 Å². The molecule has 29 heavy (non-hydrogen) atoms. The molecule has 2 aromatic carbocycles. The zero-order chi connectivity index (χ0) is 20.2. The molecule has 0 radical (unpaired) electrons. The lowest BCUT2D eigenvalue weighted by Gasteiger charge is -2.20. The molecule has 146 valence electrons. The fourth-order valence-electron chi connectivity index (χ4n) is 2.71. The number of thiazole rings is 1. The Morgan fingerprint density at radius 1 is 1.07 bits per heavy atom. The number of carbonyl (C=O) groups excluding carboxylic acids is 1. The Labute approximate surface area is 169 Å². The van der Waals surface area contributed by atoms with Crippen molar-refractivity contribution >= 4 is 32.6 Å². The van der Waals surface area contributed by atoms with Crippen molar-refractivity contribution in [1.29, 1.82) is 0 Å². The lowest BCUT2D eigenvalue weighted by atomic mass is 10.2. The van der Waals surface area contributed by atoms with Crippen LogP contribution in [0, 0.1) is 11.6 Å². The van der Waals surface area contributed by atoms with Gasteiger partial charge < -0.3 is 4.74 Å². The molecule has 0 aliphatic carbocycles. The van der Waals surface area contributed by atoms with Gasteiger partial charge in [-0.3, -0.25) is 14.7 Å². The Kier molecular flexibility index (Phi) is 5.44. The van der Waals surface area contributed by atoms with Gasteiger partial charge in [-0.1, -0.05) is 23.5 Å². The number of hydrogen-bond acceptors (Lipinski definition) is 5. The van der Waals surface area contributed by atoms with Crippen LogP contribution in [0.4, 0.5) is 13.9 Å². The monoisotopic (exact) mass is 411 g/mol. The van der Waals surface area contributed by atoms with E-state index in [4.69, 9.17) is 4.74 Å². The van der Waals surface area contributed by atoms with Crippen LogP contribution < -0.4 is 9.64 Å². The number of aromatic nitrogens is 2. The van der Waals surface area contributed by atoms with E-state index in [1.807, 2.05) is 6.07 Å². The Morgan fingerprint density at radius 3 is 2.62 bits per heavy atom. The van der Waals surface area contributed by atoms with E-state index in [-0.39, 0.29) is 24.6 Å². The van der Waals surface area contributed by atoms with Crippen LogP contribution >= 0.6 is 11.3 Å². The first kappa shape index (κ1) is 18.9. The second-order valence-corrected chi connectivity index (χ2v) is 7.18. The highest BCUT2D eigenvalue weighted by molar-refractivity contribution is 7.22. The molecule has 0 aliphatic rings. The number of rotatable bonds is 6. The van der Waals surface area contributed by atoms with Gasteiger partial charge in [-0.15, -0.1) is 0 Å². The molecule has 0 atom stereocenters. The first-order valence-electron chi connectivity index (χ1n) is 8.73.